The predicted octanol–water partition coefficient (Wildman–Crippen LogP) is 8.11. The SMILES string of the molecule is C[C@@H]1CCCCN1p1oc2ccc3ccccc3c2c2c(ccc3ccccc32)o1. The second-order valence-electron chi connectivity index (χ2n) is 8.25. The number of rotatable bonds is 1. The fourth-order valence-electron chi connectivity index (χ4n) is 4.79. The molecule has 3 nitrogen and oxygen atoms in total. The lowest BCUT2D eigenvalue weighted by Gasteiger charge is -2.29. The van der Waals surface area contributed by atoms with E-state index in [2.05, 4.69) is 84.4 Å². The molecule has 150 valence electrons. The van der Waals surface area contributed by atoms with E-state index in [4.69, 9.17) is 8.39 Å². The second-order valence-corrected chi connectivity index (χ2v) is 9.60. The minimum absolute atomic E-state index is 0.468. The molecule has 0 radical (unpaired) electrons. The number of fused-ring (bicyclic) bond motifs is 7. The maximum atomic E-state index is 6.67. The Hall–Kier alpha value is -2.74. The molecule has 0 aliphatic carbocycles. The maximum Gasteiger partial charge on any atom is 0.309 e. The van der Waals surface area contributed by atoms with Gasteiger partial charge in [-0.25, -0.2) is 4.67 Å². The van der Waals surface area contributed by atoms with Crippen molar-refractivity contribution < 1.29 is 8.39 Å². The summed E-state index contributed by atoms with van der Waals surface area (Å²) in [5.41, 5.74) is 1.85. The zero-order chi connectivity index (χ0) is 20.1. The van der Waals surface area contributed by atoms with E-state index in [1.165, 1.54) is 40.8 Å². The molecule has 2 heterocycles. The zero-order valence-corrected chi connectivity index (χ0v) is 17.9. The highest BCUT2D eigenvalue weighted by molar-refractivity contribution is 7.39. The number of hydrogen-bond donors (Lipinski definition) is 0. The fraction of sp³-hybridized carbons (Fsp3) is 0.231. The molecule has 1 fully saturated rings. The maximum absolute atomic E-state index is 6.67. The van der Waals surface area contributed by atoms with Crippen molar-refractivity contribution in [2.75, 3.05) is 11.2 Å². The van der Waals surface area contributed by atoms with Crippen molar-refractivity contribution in [3.8, 4) is 0 Å². The van der Waals surface area contributed by atoms with Crippen molar-refractivity contribution in [1.29, 1.82) is 0 Å². The van der Waals surface area contributed by atoms with Gasteiger partial charge in [0, 0.05) is 23.4 Å². The van der Waals surface area contributed by atoms with Gasteiger partial charge in [0.2, 0.25) is 0 Å². The third kappa shape index (κ3) is 2.85. The normalized spacial score (nSPS) is 17.8. The van der Waals surface area contributed by atoms with E-state index in [0.717, 1.165) is 28.5 Å². The van der Waals surface area contributed by atoms with Gasteiger partial charge in [0.15, 0.2) is 0 Å². The lowest BCUT2D eigenvalue weighted by atomic mass is 9.99. The minimum Gasteiger partial charge on any atom is -0.408 e. The first-order valence-electron chi connectivity index (χ1n) is 10.8. The second kappa shape index (κ2) is 7.19. The summed E-state index contributed by atoms with van der Waals surface area (Å²) >= 11 is 0. The van der Waals surface area contributed by atoms with E-state index < -0.39 is 8.16 Å². The van der Waals surface area contributed by atoms with Crippen LogP contribution in [0.15, 0.2) is 81.2 Å². The lowest BCUT2D eigenvalue weighted by Crippen LogP contribution is -2.34. The monoisotopic (exact) mass is 413 g/mol. The average Bonchev–Trinajstić information content (AvgIpc) is 2.96. The van der Waals surface area contributed by atoms with Gasteiger partial charge in [-0.05, 0) is 53.4 Å². The number of hydrogen-bond acceptors (Lipinski definition) is 3. The number of nitrogens with zero attached hydrogens (tertiary/aromatic N) is 1. The zero-order valence-electron chi connectivity index (χ0n) is 17.0. The van der Waals surface area contributed by atoms with Gasteiger partial charge in [0.1, 0.15) is 11.2 Å². The van der Waals surface area contributed by atoms with E-state index >= 15 is 0 Å². The average molecular weight is 413 g/mol. The summed E-state index contributed by atoms with van der Waals surface area (Å²) in [5.74, 6) is 0. The molecule has 1 atom stereocenters. The third-order valence-electron chi connectivity index (χ3n) is 6.36. The molecule has 4 aromatic carbocycles. The molecule has 1 aromatic heterocycles. The molecule has 5 aromatic rings. The first-order chi connectivity index (χ1) is 14.8. The molecular formula is C26H24NO2P. The van der Waals surface area contributed by atoms with Crippen molar-refractivity contribution >= 4 is 51.6 Å². The van der Waals surface area contributed by atoms with Gasteiger partial charge in [0.05, 0.1) is 0 Å². The Kier molecular flexibility index (Phi) is 4.33. The van der Waals surface area contributed by atoms with Crippen LogP contribution in [0.4, 0.5) is 0 Å². The molecular weight excluding hydrogens is 389 g/mol. The van der Waals surface area contributed by atoms with E-state index in [1.54, 1.807) is 0 Å². The van der Waals surface area contributed by atoms with Crippen LogP contribution in [-0.2, 0) is 0 Å². The Morgan fingerprint density at radius 3 is 1.87 bits per heavy atom. The van der Waals surface area contributed by atoms with E-state index in [0.29, 0.717) is 6.04 Å². The molecule has 6 rings (SSSR count). The Balaban J connectivity index is 1.83. The van der Waals surface area contributed by atoms with Crippen LogP contribution in [0.1, 0.15) is 26.2 Å². The summed E-state index contributed by atoms with van der Waals surface area (Å²) in [4.78, 5) is 0. The fourth-order valence-corrected chi connectivity index (χ4v) is 6.42. The molecule has 30 heavy (non-hydrogen) atoms. The van der Waals surface area contributed by atoms with Crippen LogP contribution >= 0.6 is 8.16 Å². The molecule has 0 amide bonds. The first-order valence-corrected chi connectivity index (χ1v) is 11.9. The van der Waals surface area contributed by atoms with Gasteiger partial charge >= 0.3 is 8.16 Å². The van der Waals surface area contributed by atoms with Crippen LogP contribution in [-0.4, -0.2) is 12.6 Å². The molecule has 0 unspecified atom stereocenters. The van der Waals surface area contributed by atoms with Crippen LogP contribution in [0, 0.1) is 0 Å². The Bertz CT molecular complexity index is 1340. The van der Waals surface area contributed by atoms with Gasteiger partial charge in [0.25, 0.3) is 0 Å². The summed E-state index contributed by atoms with van der Waals surface area (Å²) in [6.07, 6.45) is 3.68. The summed E-state index contributed by atoms with van der Waals surface area (Å²) in [6.45, 7) is 3.32. The van der Waals surface area contributed by atoms with Crippen LogP contribution in [0.2, 0.25) is 0 Å². The van der Waals surface area contributed by atoms with Crippen molar-refractivity contribution in [3.63, 3.8) is 0 Å². The third-order valence-corrected chi connectivity index (χ3v) is 8.08. The van der Waals surface area contributed by atoms with E-state index in [-0.39, 0.29) is 0 Å². The van der Waals surface area contributed by atoms with Gasteiger partial charge in [-0.1, -0.05) is 67.1 Å². The van der Waals surface area contributed by atoms with E-state index in [9.17, 15) is 0 Å². The van der Waals surface area contributed by atoms with Crippen LogP contribution < -0.4 is 4.67 Å². The Labute approximate surface area is 176 Å². The molecule has 0 N–H and O–H groups in total. The number of piperidine rings is 1. The molecule has 1 aliphatic heterocycles. The molecule has 1 saturated heterocycles. The largest absolute Gasteiger partial charge is 0.408 e. The topological polar surface area (TPSA) is 29.5 Å². The summed E-state index contributed by atoms with van der Waals surface area (Å²) < 4.78 is 15.8. The van der Waals surface area contributed by atoms with Crippen LogP contribution in [0.3, 0.4) is 0 Å². The first kappa shape index (κ1) is 18.1. The molecule has 1 aliphatic rings. The summed E-state index contributed by atoms with van der Waals surface area (Å²) in [6, 6.07) is 26.2. The standard InChI is InChI=1S/C26H24NO2P/c1-18-8-6-7-17-27(18)30-28-23-15-13-19-9-2-4-11-21(19)25(23)26-22-12-5-3-10-20(22)14-16-24(26)29-30/h2-5,9-16,18H,6-8,17H2,1H3/t18-/m1/s1. The quantitative estimate of drug-likeness (QED) is 0.278. The van der Waals surface area contributed by atoms with Crippen molar-refractivity contribution in [1.82, 2.24) is 0 Å². The Morgan fingerprint density at radius 2 is 1.30 bits per heavy atom. The van der Waals surface area contributed by atoms with Crippen LogP contribution in [0.25, 0.3) is 43.5 Å². The molecule has 0 bridgehead atoms. The molecule has 0 spiro atoms. The lowest BCUT2D eigenvalue weighted by molar-refractivity contribution is 0.486. The molecule has 4 heteroatoms. The van der Waals surface area contributed by atoms with Gasteiger partial charge in [-0.2, -0.15) is 0 Å². The molecule has 0 saturated carbocycles. The smallest absolute Gasteiger partial charge is 0.309 e. The van der Waals surface area contributed by atoms with Crippen molar-refractivity contribution in [2.24, 2.45) is 0 Å². The Morgan fingerprint density at radius 1 is 0.733 bits per heavy atom. The highest BCUT2D eigenvalue weighted by Crippen LogP contribution is 2.43. The van der Waals surface area contributed by atoms with Crippen molar-refractivity contribution in [2.45, 2.75) is 32.2 Å². The predicted molar refractivity (Wildman–Crippen MR) is 128 cm³/mol. The highest BCUT2D eigenvalue weighted by atomic mass is 31.1. The van der Waals surface area contributed by atoms with Gasteiger partial charge in [-0.15, -0.1) is 0 Å². The highest BCUT2D eigenvalue weighted by Gasteiger charge is 2.24. The summed E-state index contributed by atoms with van der Waals surface area (Å²) in [7, 11) is -1.21. The van der Waals surface area contributed by atoms with E-state index in [1.807, 2.05) is 0 Å². The van der Waals surface area contributed by atoms with Gasteiger partial charge in [-0.3, -0.25) is 0 Å². The summed E-state index contributed by atoms with van der Waals surface area (Å²) in [5, 5.41) is 7.15. The van der Waals surface area contributed by atoms with Crippen LogP contribution in [0.5, 0.6) is 0 Å². The minimum atomic E-state index is -1.21. The number of benzene rings is 4. The van der Waals surface area contributed by atoms with Gasteiger partial charge < -0.3 is 8.39 Å². The van der Waals surface area contributed by atoms with Crippen molar-refractivity contribution in [3.05, 3.63) is 72.8 Å².